The second kappa shape index (κ2) is 6.59. The Labute approximate surface area is 151 Å². The van der Waals surface area contributed by atoms with Crippen LogP contribution in [0.25, 0.3) is 0 Å². The largest absolute Gasteiger partial charge is 0.369 e. The molecule has 3 rings (SSSR count). The Balaban J connectivity index is 1.85. The van der Waals surface area contributed by atoms with E-state index in [0.717, 1.165) is 11.1 Å². The summed E-state index contributed by atoms with van der Waals surface area (Å²) in [6, 6.07) is 10.8. The zero-order valence-electron chi connectivity index (χ0n) is 15.0. The van der Waals surface area contributed by atoms with Crippen molar-refractivity contribution >= 4 is 23.5 Å². The predicted octanol–water partition coefficient (Wildman–Crippen LogP) is 2.03. The normalized spacial score (nSPS) is 19.9. The van der Waals surface area contributed by atoms with Gasteiger partial charge in [-0.05, 0) is 43.2 Å². The molecule has 1 unspecified atom stereocenters. The lowest BCUT2D eigenvalue weighted by molar-refractivity contribution is -0.128. The number of pyridine rings is 1. The van der Waals surface area contributed by atoms with E-state index >= 15 is 0 Å². The van der Waals surface area contributed by atoms with Gasteiger partial charge in [0.1, 0.15) is 5.69 Å². The molecule has 2 amide bonds. The number of guanidine groups is 1. The highest BCUT2D eigenvalue weighted by Gasteiger charge is 2.36. The summed E-state index contributed by atoms with van der Waals surface area (Å²) in [5, 5.41) is 2.83. The maximum atomic E-state index is 12.4. The van der Waals surface area contributed by atoms with Crippen molar-refractivity contribution in [3.63, 3.8) is 0 Å². The Bertz CT molecular complexity index is 891. The number of carbonyl (C=O) groups is 2. The number of hydrogen-bond donors (Lipinski definition) is 2. The molecule has 1 aromatic carbocycles. The molecule has 7 heteroatoms. The third-order valence-corrected chi connectivity index (χ3v) is 4.46. The number of hydrogen-bond acceptors (Lipinski definition) is 5. The van der Waals surface area contributed by atoms with Crippen molar-refractivity contribution in [3.05, 3.63) is 59.4 Å². The van der Waals surface area contributed by atoms with Crippen molar-refractivity contribution in [2.45, 2.75) is 25.8 Å². The van der Waals surface area contributed by atoms with Gasteiger partial charge >= 0.3 is 0 Å². The topological polar surface area (TPSA) is 101 Å². The van der Waals surface area contributed by atoms with Crippen LogP contribution >= 0.6 is 0 Å². The number of nitrogens with zero attached hydrogens (tertiary/aromatic N) is 3. The number of amides is 2. The fraction of sp³-hybridized carbons (Fsp3) is 0.263. The molecule has 1 atom stereocenters. The van der Waals surface area contributed by atoms with Crippen molar-refractivity contribution in [1.29, 1.82) is 0 Å². The summed E-state index contributed by atoms with van der Waals surface area (Å²) in [7, 11) is 1.60. The SMILES string of the molecule is Cc1ccc(C(=O)Nc2cccc(C3(C)CC(=O)N(C)C(N)=N3)c2)nc1. The van der Waals surface area contributed by atoms with Crippen LogP contribution in [0.1, 0.15) is 35.0 Å². The van der Waals surface area contributed by atoms with Crippen molar-refractivity contribution in [2.75, 3.05) is 12.4 Å². The van der Waals surface area contributed by atoms with Gasteiger partial charge in [0, 0.05) is 18.9 Å². The van der Waals surface area contributed by atoms with E-state index < -0.39 is 5.54 Å². The summed E-state index contributed by atoms with van der Waals surface area (Å²) in [5.41, 5.74) is 7.83. The van der Waals surface area contributed by atoms with Crippen LogP contribution in [0.2, 0.25) is 0 Å². The third-order valence-electron chi connectivity index (χ3n) is 4.46. The Kier molecular flexibility index (Phi) is 4.46. The van der Waals surface area contributed by atoms with Crippen LogP contribution in [0.4, 0.5) is 5.69 Å². The average molecular weight is 351 g/mol. The second-order valence-corrected chi connectivity index (χ2v) is 6.63. The number of carbonyl (C=O) groups excluding carboxylic acids is 2. The van der Waals surface area contributed by atoms with Gasteiger partial charge in [0.05, 0.1) is 12.0 Å². The van der Waals surface area contributed by atoms with E-state index in [-0.39, 0.29) is 24.2 Å². The maximum absolute atomic E-state index is 12.4. The lowest BCUT2D eigenvalue weighted by Gasteiger charge is -2.33. The van der Waals surface area contributed by atoms with Gasteiger partial charge < -0.3 is 11.1 Å². The van der Waals surface area contributed by atoms with Gasteiger partial charge in [-0.1, -0.05) is 18.2 Å². The number of nitrogens with two attached hydrogens (primary N) is 1. The lowest BCUT2D eigenvalue weighted by atomic mass is 9.87. The fourth-order valence-corrected chi connectivity index (χ4v) is 2.80. The summed E-state index contributed by atoms with van der Waals surface area (Å²) in [4.78, 5) is 34.5. The Morgan fingerprint density at radius 3 is 2.73 bits per heavy atom. The molecule has 3 N–H and O–H groups in total. The van der Waals surface area contributed by atoms with Gasteiger partial charge in [0.2, 0.25) is 5.91 Å². The minimum Gasteiger partial charge on any atom is -0.369 e. The first kappa shape index (κ1) is 17.6. The predicted molar refractivity (Wildman–Crippen MR) is 99.7 cm³/mol. The minimum atomic E-state index is -0.767. The Hall–Kier alpha value is -3.22. The van der Waals surface area contributed by atoms with Crippen LogP contribution in [0.15, 0.2) is 47.6 Å². The molecule has 1 aliphatic rings. The Morgan fingerprint density at radius 1 is 1.31 bits per heavy atom. The van der Waals surface area contributed by atoms with Gasteiger partial charge in [0.25, 0.3) is 5.91 Å². The molecule has 2 heterocycles. The number of benzene rings is 1. The molecule has 26 heavy (non-hydrogen) atoms. The van der Waals surface area contributed by atoms with Gasteiger partial charge in [-0.25, -0.2) is 4.99 Å². The van der Waals surface area contributed by atoms with Crippen molar-refractivity contribution in [3.8, 4) is 0 Å². The zero-order chi connectivity index (χ0) is 18.9. The summed E-state index contributed by atoms with van der Waals surface area (Å²) < 4.78 is 0. The highest BCUT2D eigenvalue weighted by Crippen LogP contribution is 2.34. The Morgan fingerprint density at radius 2 is 2.08 bits per heavy atom. The first-order chi connectivity index (χ1) is 12.3. The average Bonchev–Trinajstić information content (AvgIpc) is 2.60. The van der Waals surface area contributed by atoms with E-state index in [1.807, 2.05) is 38.1 Å². The molecule has 0 saturated carbocycles. The zero-order valence-corrected chi connectivity index (χ0v) is 15.0. The van der Waals surface area contributed by atoms with Gasteiger partial charge in [-0.3, -0.25) is 19.5 Å². The standard InChI is InChI=1S/C19H21N5O2/c1-12-7-8-15(21-11-12)17(26)22-14-6-4-5-13(9-14)19(2)10-16(25)24(3)18(20)23-19/h4-9,11H,10H2,1-3H3,(H2,20,23)(H,22,26). The van der Waals surface area contributed by atoms with Gasteiger partial charge in [0.15, 0.2) is 5.96 Å². The second-order valence-electron chi connectivity index (χ2n) is 6.63. The first-order valence-electron chi connectivity index (χ1n) is 8.25. The van der Waals surface area contributed by atoms with Crippen molar-refractivity contribution in [1.82, 2.24) is 9.88 Å². The molecule has 0 fully saturated rings. The third kappa shape index (κ3) is 3.42. The summed E-state index contributed by atoms with van der Waals surface area (Å²) in [6.45, 7) is 3.77. The van der Waals surface area contributed by atoms with Crippen LogP contribution in [0.5, 0.6) is 0 Å². The minimum absolute atomic E-state index is 0.0988. The number of aryl methyl sites for hydroxylation is 1. The molecule has 0 saturated heterocycles. The molecule has 134 valence electrons. The number of rotatable bonds is 3. The molecule has 0 aliphatic carbocycles. The van der Waals surface area contributed by atoms with Crippen molar-refractivity contribution in [2.24, 2.45) is 10.7 Å². The molecule has 0 bridgehead atoms. The highest BCUT2D eigenvalue weighted by atomic mass is 16.2. The molecule has 0 spiro atoms. The van der Waals surface area contributed by atoms with E-state index in [1.165, 1.54) is 4.90 Å². The smallest absolute Gasteiger partial charge is 0.274 e. The molecule has 0 radical (unpaired) electrons. The van der Waals surface area contributed by atoms with E-state index in [0.29, 0.717) is 11.4 Å². The number of anilines is 1. The summed E-state index contributed by atoms with van der Waals surface area (Å²) in [5.74, 6) is -0.213. The summed E-state index contributed by atoms with van der Waals surface area (Å²) >= 11 is 0. The van der Waals surface area contributed by atoms with Gasteiger partial charge in [-0.15, -0.1) is 0 Å². The van der Waals surface area contributed by atoms with E-state index in [1.54, 1.807) is 25.4 Å². The van der Waals surface area contributed by atoms with Crippen LogP contribution in [0.3, 0.4) is 0 Å². The number of nitrogens with one attached hydrogen (secondary N) is 1. The molecular formula is C19H21N5O2. The molecule has 2 aromatic rings. The van der Waals surface area contributed by atoms with Crippen molar-refractivity contribution < 1.29 is 9.59 Å². The highest BCUT2D eigenvalue weighted by molar-refractivity contribution is 6.03. The lowest BCUT2D eigenvalue weighted by Crippen LogP contribution is -2.47. The molecular weight excluding hydrogens is 330 g/mol. The molecule has 1 aliphatic heterocycles. The number of aliphatic imine (C=N–C) groups is 1. The summed E-state index contributed by atoms with van der Waals surface area (Å²) in [6.07, 6.45) is 1.86. The van der Waals surface area contributed by atoms with E-state index in [9.17, 15) is 9.59 Å². The quantitative estimate of drug-likeness (QED) is 0.883. The first-order valence-corrected chi connectivity index (χ1v) is 8.25. The number of aromatic nitrogens is 1. The fourth-order valence-electron chi connectivity index (χ4n) is 2.80. The van der Waals surface area contributed by atoms with Gasteiger partial charge in [-0.2, -0.15) is 0 Å². The monoisotopic (exact) mass is 351 g/mol. The molecule has 7 nitrogen and oxygen atoms in total. The van der Waals surface area contributed by atoms with Crippen LogP contribution in [0, 0.1) is 6.92 Å². The van der Waals surface area contributed by atoms with Crippen LogP contribution < -0.4 is 11.1 Å². The molecule has 1 aromatic heterocycles. The van der Waals surface area contributed by atoms with Crippen LogP contribution in [-0.2, 0) is 10.3 Å². The maximum Gasteiger partial charge on any atom is 0.274 e. The van der Waals surface area contributed by atoms with E-state index in [4.69, 9.17) is 5.73 Å². The van der Waals surface area contributed by atoms with E-state index in [2.05, 4.69) is 15.3 Å². The van der Waals surface area contributed by atoms with Crippen LogP contribution in [-0.4, -0.2) is 34.7 Å².